The Balaban J connectivity index is 1.35. The first-order valence-corrected chi connectivity index (χ1v) is 12.2. The molecule has 0 unspecified atom stereocenters. The zero-order chi connectivity index (χ0) is 22.8. The molecule has 0 aliphatic carbocycles. The highest BCUT2D eigenvalue weighted by Crippen LogP contribution is 2.30. The smallest absolute Gasteiger partial charge is 0.236 e. The second-order valence-corrected chi connectivity index (χ2v) is 9.70. The summed E-state index contributed by atoms with van der Waals surface area (Å²) in [7, 11) is 2.08. The molecular formula is C23H21FN6OS2. The zero-order valence-corrected chi connectivity index (χ0v) is 19.5. The van der Waals surface area contributed by atoms with Crippen molar-refractivity contribution in [3.8, 4) is 17.1 Å². The largest absolute Gasteiger partial charge is 0.301 e. The number of hydrogen-bond donors (Lipinski definition) is 1. The highest BCUT2D eigenvalue weighted by atomic mass is 32.2. The summed E-state index contributed by atoms with van der Waals surface area (Å²) in [5, 5.41) is 12.5. The van der Waals surface area contributed by atoms with Crippen LogP contribution < -0.4 is 5.32 Å². The first kappa shape index (κ1) is 21.7. The number of thioether (sulfide) groups is 1. The Morgan fingerprint density at radius 1 is 1.15 bits per heavy atom. The predicted octanol–water partition coefficient (Wildman–Crippen LogP) is 4.25. The van der Waals surface area contributed by atoms with Gasteiger partial charge in [-0.05, 0) is 31.3 Å². The first-order chi connectivity index (χ1) is 16.1. The molecule has 1 aliphatic rings. The normalized spacial score (nSPS) is 13.6. The van der Waals surface area contributed by atoms with Crippen LogP contribution in [0, 0.1) is 5.82 Å². The van der Waals surface area contributed by atoms with Gasteiger partial charge in [-0.2, -0.15) is 0 Å². The molecule has 0 atom stereocenters. The standard InChI is InChI=1S/C23H21FN6OS2/c1-29-12-11-18-19(13-29)33-22(25-18)26-20(31)14-32-23-28-27-21(16-9-5-6-10-17(16)24)30(23)15-7-3-2-4-8-15/h2-10H,11-14H2,1H3,(H,25,26,31). The van der Waals surface area contributed by atoms with Crippen LogP contribution in [0.25, 0.3) is 17.1 Å². The zero-order valence-electron chi connectivity index (χ0n) is 17.9. The number of halogens is 1. The molecule has 2 aromatic heterocycles. The van der Waals surface area contributed by atoms with Crippen LogP contribution in [0.5, 0.6) is 0 Å². The maximum atomic E-state index is 14.5. The minimum Gasteiger partial charge on any atom is -0.301 e. The van der Waals surface area contributed by atoms with Crippen molar-refractivity contribution in [3.05, 3.63) is 71.0 Å². The number of rotatable bonds is 6. The monoisotopic (exact) mass is 480 g/mol. The minimum atomic E-state index is -0.380. The number of carbonyl (C=O) groups excluding carboxylic acids is 1. The van der Waals surface area contributed by atoms with Gasteiger partial charge in [0.15, 0.2) is 16.1 Å². The third kappa shape index (κ3) is 4.68. The van der Waals surface area contributed by atoms with Crippen molar-refractivity contribution < 1.29 is 9.18 Å². The molecule has 0 radical (unpaired) electrons. The molecule has 0 fully saturated rings. The molecule has 0 bridgehead atoms. The highest BCUT2D eigenvalue weighted by molar-refractivity contribution is 7.99. The number of fused-ring (bicyclic) bond motifs is 1. The van der Waals surface area contributed by atoms with Gasteiger partial charge in [-0.1, -0.05) is 42.1 Å². The Morgan fingerprint density at radius 3 is 2.76 bits per heavy atom. The summed E-state index contributed by atoms with van der Waals surface area (Å²) in [4.78, 5) is 20.7. The number of amides is 1. The topological polar surface area (TPSA) is 75.9 Å². The average Bonchev–Trinajstić information content (AvgIpc) is 3.41. The summed E-state index contributed by atoms with van der Waals surface area (Å²) in [5.41, 5.74) is 2.21. The molecule has 0 saturated heterocycles. The van der Waals surface area contributed by atoms with E-state index in [1.165, 1.54) is 34.0 Å². The second-order valence-electron chi connectivity index (χ2n) is 7.67. The van der Waals surface area contributed by atoms with E-state index >= 15 is 0 Å². The fourth-order valence-electron chi connectivity index (χ4n) is 3.65. The maximum absolute atomic E-state index is 14.5. The van der Waals surface area contributed by atoms with Gasteiger partial charge in [0.1, 0.15) is 5.82 Å². The van der Waals surface area contributed by atoms with Crippen LogP contribution >= 0.6 is 23.1 Å². The fraction of sp³-hybridized carbons (Fsp3) is 0.217. The van der Waals surface area contributed by atoms with Gasteiger partial charge >= 0.3 is 0 Å². The van der Waals surface area contributed by atoms with Gasteiger partial charge in [0, 0.05) is 30.1 Å². The third-order valence-corrected chi connectivity index (χ3v) is 7.19. The quantitative estimate of drug-likeness (QED) is 0.416. The molecule has 10 heteroatoms. The van der Waals surface area contributed by atoms with Crippen molar-refractivity contribution in [3.63, 3.8) is 0 Å². The van der Waals surface area contributed by atoms with Crippen LogP contribution in [-0.4, -0.2) is 49.9 Å². The van der Waals surface area contributed by atoms with E-state index in [0.29, 0.717) is 21.7 Å². The number of nitrogens with one attached hydrogen (secondary N) is 1. The van der Waals surface area contributed by atoms with Crippen LogP contribution in [0.4, 0.5) is 9.52 Å². The molecule has 1 N–H and O–H groups in total. The van der Waals surface area contributed by atoms with E-state index in [1.54, 1.807) is 22.8 Å². The third-order valence-electron chi connectivity index (χ3n) is 5.26. The Bertz CT molecular complexity index is 1290. The number of nitrogens with zero attached hydrogens (tertiary/aromatic N) is 5. The van der Waals surface area contributed by atoms with E-state index in [2.05, 4.69) is 32.4 Å². The van der Waals surface area contributed by atoms with Gasteiger partial charge < -0.3 is 10.2 Å². The predicted molar refractivity (Wildman–Crippen MR) is 128 cm³/mol. The number of aromatic nitrogens is 4. The molecule has 4 aromatic rings. The molecule has 7 nitrogen and oxygen atoms in total. The molecule has 0 saturated carbocycles. The highest BCUT2D eigenvalue weighted by Gasteiger charge is 2.21. The average molecular weight is 481 g/mol. The number of benzene rings is 2. The fourth-order valence-corrected chi connectivity index (χ4v) is 5.51. The Kier molecular flexibility index (Phi) is 6.21. The minimum absolute atomic E-state index is 0.131. The van der Waals surface area contributed by atoms with Crippen molar-refractivity contribution in [1.82, 2.24) is 24.6 Å². The van der Waals surface area contributed by atoms with Crippen LogP contribution in [-0.2, 0) is 17.8 Å². The van der Waals surface area contributed by atoms with E-state index < -0.39 is 0 Å². The summed E-state index contributed by atoms with van der Waals surface area (Å²) < 4.78 is 16.3. The Hall–Kier alpha value is -3.08. The Labute approximate surface area is 198 Å². The molecule has 1 aliphatic heterocycles. The molecule has 0 spiro atoms. The van der Waals surface area contributed by atoms with Gasteiger partial charge in [-0.15, -0.1) is 21.5 Å². The van der Waals surface area contributed by atoms with Crippen molar-refractivity contribution in [1.29, 1.82) is 0 Å². The van der Waals surface area contributed by atoms with Crippen LogP contribution in [0.3, 0.4) is 0 Å². The van der Waals surface area contributed by atoms with E-state index in [1.807, 2.05) is 30.3 Å². The molecule has 1 amide bonds. The second kappa shape index (κ2) is 9.42. The molecular weight excluding hydrogens is 459 g/mol. The SMILES string of the molecule is CN1CCc2nc(NC(=O)CSc3nnc(-c4ccccc4F)n3-c3ccccc3)sc2C1. The summed E-state index contributed by atoms with van der Waals surface area (Å²) >= 11 is 2.77. The number of hydrogen-bond acceptors (Lipinski definition) is 7. The first-order valence-electron chi connectivity index (χ1n) is 10.4. The van der Waals surface area contributed by atoms with Crippen LogP contribution in [0.2, 0.25) is 0 Å². The van der Waals surface area contributed by atoms with Gasteiger partial charge in [0.25, 0.3) is 0 Å². The molecule has 5 rings (SSSR count). The van der Waals surface area contributed by atoms with E-state index in [4.69, 9.17) is 0 Å². The van der Waals surface area contributed by atoms with Gasteiger partial charge in [-0.3, -0.25) is 9.36 Å². The summed E-state index contributed by atoms with van der Waals surface area (Å²) in [6, 6.07) is 15.9. The van der Waals surface area contributed by atoms with Crippen LogP contribution in [0.1, 0.15) is 10.6 Å². The number of carbonyl (C=O) groups is 1. The maximum Gasteiger partial charge on any atom is 0.236 e. The van der Waals surface area contributed by atoms with Crippen molar-refractivity contribution in [2.45, 2.75) is 18.1 Å². The number of para-hydroxylation sites is 1. The summed E-state index contributed by atoms with van der Waals surface area (Å²) in [5.74, 6) is -0.0324. The Morgan fingerprint density at radius 2 is 1.94 bits per heavy atom. The van der Waals surface area contributed by atoms with Gasteiger partial charge in [-0.25, -0.2) is 9.37 Å². The lowest BCUT2D eigenvalue weighted by Gasteiger charge is -2.20. The number of thiazole rings is 1. The molecule has 168 valence electrons. The van der Waals surface area contributed by atoms with Crippen molar-refractivity contribution in [2.75, 3.05) is 24.7 Å². The van der Waals surface area contributed by atoms with Crippen molar-refractivity contribution in [2.24, 2.45) is 0 Å². The van der Waals surface area contributed by atoms with Gasteiger partial charge in [0.2, 0.25) is 5.91 Å². The lowest BCUT2D eigenvalue weighted by atomic mass is 10.2. The van der Waals surface area contributed by atoms with E-state index in [-0.39, 0.29) is 17.5 Å². The van der Waals surface area contributed by atoms with E-state index in [9.17, 15) is 9.18 Å². The van der Waals surface area contributed by atoms with Crippen molar-refractivity contribution >= 4 is 34.1 Å². The summed E-state index contributed by atoms with van der Waals surface area (Å²) in [6.45, 7) is 1.83. The lowest BCUT2D eigenvalue weighted by molar-refractivity contribution is -0.113. The summed E-state index contributed by atoms with van der Waals surface area (Å²) in [6.07, 6.45) is 0.895. The lowest BCUT2D eigenvalue weighted by Crippen LogP contribution is -2.25. The van der Waals surface area contributed by atoms with E-state index in [0.717, 1.165) is 30.9 Å². The molecule has 33 heavy (non-hydrogen) atoms. The van der Waals surface area contributed by atoms with Gasteiger partial charge in [0.05, 0.1) is 17.0 Å². The molecule has 3 heterocycles. The molecule has 2 aromatic carbocycles. The number of anilines is 1. The number of likely N-dealkylation sites (N-methyl/N-ethyl adjacent to an activating group) is 1. The van der Waals surface area contributed by atoms with Crippen LogP contribution in [0.15, 0.2) is 59.8 Å².